The first-order valence-corrected chi connectivity index (χ1v) is 7.70. The maximum absolute atomic E-state index is 4.52. The minimum atomic E-state index is 0.336. The van der Waals surface area contributed by atoms with E-state index in [9.17, 15) is 0 Å². The number of rotatable bonds is 3. The van der Waals surface area contributed by atoms with Crippen LogP contribution >= 0.6 is 15.9 Å². The number of imidazole rings is 1. The number of piperazine rings is 1. The van der Waals surface area contributed by atoms with Crippen LogP contribution < -0.4 is 5.32 Å². The lowest BCUT2D eigenvalue weighted by Gasteiger charge is -2.35. The summed E-state index contributed by atoms with van der Waals surface area (Å²) in [4.78, 5) is 7.02. The van der Waals surface area contributed by atoms with Gasteiger partial charge in [0.25, 0.3) is 0 Å². The summed E-state index contributed by atoms with van der Waals surface area (Å²) in [6.07, 6.45) is 3.89. The van der Waals surface area contributed by atoms with Gasteiger partial charge in [-0.25, -0.2) is 4.98 Å². The van der Waals surface area contributed by atoms with Crippen molar-refractivity contribution in [2.75, 3.05) is 19.6 Å². The lowest BCUT2D eigenvalue weighted by atomic mass is 10.1. The van der Waals surface area contributed by atoms with Gasteiger partial charge in [-0.05, 0) is 17.7 Å². The minimum absolute atomic E-state index is 0.336. The van der Waals surface area contributed by atoms with Crippen LogP contribution in [-0.4, -0.2) is 34.1 Å². The molecule has 1 fully saturated rings. The molecule has 5 heteroatoms. The summed E-state index contributed by atoms with van der Waals surface area (Å²) in [5.74, 6) is 1.13. The van der Waals surface area contributed by atoms with Gasteiger partial charge in [-0.3, -0.25) is 4.90 Å². The Morgan fingerprint density at radius 1 is 1.45 bits per heavy atom. The zero-order valence-corrected chi connectivity index (χ0v) is 13.2. The van der Waals surface area contributed by atoms with Crippen LogP contribution in [-0.2, 0) is 13.6 Å². The van der Waals surface area contributed by atoms with Crippen molar-refractivity contribution in [2.24, 2.45) is 7.05 Å². The van der Waals surface area contributed by atoms with Crippen molar-refractivity contribution >= 4 is 15.9 Å². The topological polar surface area (TPSA) is 33.1 Å². The van der Waals surface area contributed by atoms with E-state index in [4.69, 9.17) is 0 Å². The molecule has 0 bridgehead atoms. The largest absolute Gasteiger partial charge is 0.337 e. The Balaban J connectivity index is 1.81. The molecule has 1 aromatic carbocycles. The van der Waals surface area contributed by atoms with Crippen molar-refractivity contribution in [3.8, 4) is 0 Å². The molecule has 2 heterocycles. The number of nitrogens with zero attached hydrogens (tertiary/aromatic N) is 3. The van der Waals surface area contributed by atoms with Crippen LogP contribution in [0.4, 0.5) is 0 Å². The smallest absolute Gasteiger partial charge is 0.127 e. The first-order valence-electron chi connectivity index (χ1n) is 6.90. The zero-order valence-electron chi connectivity index (χ0n) is 11.6. The molecule has 0 radical (unpaired) electrons. The van der Waals surface area contributed by atoms with Crippen LogP contribution in [0.2, 0.25) is 0 Å². The van der Waals surface area contributed by atoms with Crippen molar-refractivity contribution in [3.63, 3.8) is 0 Å². The first-order chi connectivity index (χ1) is 9.74. The number of halogens is 1. The number of aromatic nitrogens is 2. The summed E-state index contributed by atoms with van der Waals surface area (Å²) in [6, 6.07) is 8.87. The summed E-state index contributed by atoms with van der Waals surface area (Å²) in [5, 5.41) is 3.47. The van der Waals surface area contributed by atoms with E-state index in [1.807, 2.05) is 12.4 Å². The maximum atomic E-state index is 4.52. The van der Waals surface area contributed by atoms with Gasteiger partial charge >= 0.3 is 0 Å². The zero-order chi connectivity index (χ0) is 13.9. The van der Waals surface area contributed by atoms with Gasteiger partial charge in [0.1, 0.15) is 5.82 Å². The highest BCUT2D eigenvalue weighted by Gasteiger charge is 2.26. The molecule has 1 atom stereocenters. The second-order valence-electron chi connectivity index (χ2n) is 5.22. The van der Waals surface area contributed by atoms with Gasteiger partial charge in [-0.2, -0.15) is 0 Å². The molecule has 0 spiro atoms. The summed E-state index contributed by atoms with van der Waals surface area (Å²) in [5.41, 5.74) is 1.33. The van der Waals surface area contributed by atoms with E-state index in [-0.39, 0.29) is 0 Å². The van der Waals surface area contributed by atoms with Crippen LogP contribution in [0.25, 0.3) is 0 Å². The molecule has 0 aliphatic carbocycles. The molecule has 20 heavy (non-hydrogen) atoms. The molecule has 1 aliphatic heterocycles. The van der Waals surface area contributed by atoms with Crippen molar-refractivity contribution in [1.82, 2.24) is 19.8 Å². The molecule has 1 N–H and O–H groups in total. The van der Waals surface area contributed by atoms with E-state index in [0.717, 1.165) is 36.5 Å². The molecule has 4 nitrogen and oxygen atoms in total. The normalized spacial score (nSPS) is 20.2. The highest BCUT2D eigenvalue weighted by molar-refractivity contribution is 9.10. The van der Waals surface area contributed by atoms with Gasteiger partial charge in [0.15, 0.2) is 0 Å². The van der Waals surface area contributed by atoms with Crippen molar-refractivity contribution in [2.45, 2.75) is 12.6 Å². The lowest BCUT2D eigenvalue weighted by Crippen LogP contribution is -2.46. The number of hydrogen-bond acceptors (Lipinski definition) is 3. The van der Waals surface area contributed by atoms with Gasteiger partial charge < -0.3 is 9.88 Å². The van der Waals surface area contributed by atoms with E-state index < -0.39 is 0 Å². The standard InChI is InChI=1S/C15H19BrN4/c1-19-7-6-18-15(19)14-10-17-5-8-20(14)11-12-3-2-4-13(16)9-12/h2-4,6-7,9,14,17H,5,8,10-11H2,1H3. The third kappa shape index (κ3) is 2.95. The first kappa shape index (κ1) is 13.8. The van der Waals surface area contributed by atoms with Crippen LogP contribution in [0.3, 0.4) is 0 Å². The highest BCUT2D eigenvalue weighted by Crippen LogP contribution is 2.23. The molecule has 1 unspecified atom stereocenters. The molecule has 1 aliphatic rings. The Labute approximate surface area is 127 Å². The third-order valence-electron chi connectivity index (χ3n) is 3.79. The lowest BCUT2D eigenvalue weighted by molar-refractivity contribution is 0.144. The predicted molar refractivity (Wildman–Crippen MR) is 83.4 cm³/mol. The number of nitrogens with one attached hydrogen (secondary N) is 1. The van der Waals surface area contributed by atoms with Gasteiger partial charge in [0.05, 0.1) is 6.04 Å². The summed E-state index contributed by atoms with van der Waals surface area (Å²) >= 11 is 3.55. The summed E-state index contributed by atoms with van der Waals surface area (Å²) in [7, 11) is 2.06. The fourth-order valence-corrected chi connectivity index (χ4v) is 3.20. The van der Waals surface area contributed by atoms with Crippen LogP contribution in [0, 0.1) is 0 Å². The van der Waals surface area contributed by atoms with Gasteiger partial charge in [-0.1, -0.05) is 28.1 Å². The molecule has 0 amide bonds. The van der Waals surface area contributed by atoms with E-state index >= 15 is 0 Å². The van der Waals surface area contributed by atoms with Crippen LogP contribution in [0.5, 0.6) is 0 Å². The Bertz CT molecular complexity index is 581. The molecular weight excluding hydrogens is 316 g/mol. The average molecular weight is 335 g/mol. The Morgan fingerprint density at radius 2 is 2.35 bits per heavy atom. The van der Waals surface area contributed by atoms with Crippen molar-refractivity contribution in [1.29, 1.82) is 0 Å². The average Bonchev–Trinajstić information content (AvgIpc) is 2.86. The predicted octanol–water partition coefficient (Wildman–Crippen LogP) is 2.33. The second-order valence-corrected chi connectivity index (χ2v) is 6.13. The number of aryl methyl sites for hydroxylation is 1. The quantitative estimate of drug-likeness (QED) is 0.935. The van der Waals surface area contributed by atoms with E-state index in [0.29, 0.717) is 6.04 Å². The second kappa shape index (κ2) is 6.08. The molecule has 3 rings (SSSR count). The van der Waals surface area contributed by atoms with Crippen molar-refractivity contribution in [3.05, 3.63) is 52.5 Å². The fourth-order valence-electron chi connectivity index (χ4n) is 2.76. The third-order valence-corrected chi connectivity index (χ3v) is 4.28. The number of benzene rings is 1. The summed E-state index contributed by atoms with van der Waals surface area (Å²) < 4.78 is 3.25. The molecule has 106 valence electrons. The SMILES string of the molecule is Cn1ccnc1C1CNCCN1Cc1cccc(Br)c1. The van der Waals surface area contributed by atoms with Crippen LogP contribution in [0.15, 0.2) is 41.1 Å². The van der Waals surface area contributed by atoms with E-state index in [1.165, 1.54) is 5.56 Å². The maximum Gasteiger partial charge on any atom is 0.127 e. The van der Waals surface area contributed by atoms with Crippen LogP contribution in [0.1, 0.15) is 17.4 Å². The van der Waals surface area contributed by atoms with Gasteiger partial charge in [-0.15, -0.1) is 0 Å². The number of hydrogen-bond donors (Lipinski definition) is 1. The molecule has 1 aromatic heterocycles. The molecule has 1 saturated heterocycles. The fraction of sp³-hybridized carbons (Fsp3) is 0.400. The molecule has 0 saturated carbocycles. The van der Waals surface area contributed by atoms with E-state index in [2.05, 4.69) is 67.0 Å². The minimum Gasteiger partial charge on any atom is -0.337 e. The Hall–Kier alpha value is -1.17. The Morgan fingerprint density at radius 3 is 3.10 bits per heavy atom. The van der Waals surface area contributed by atoms with Gasteiger partial charge in [0, 0.05) is 50.1 Å². The molecule has 2 aromatic rings. The van der Waals surface area contributed by atoms with Gasteiger partial charge in [0.2, 0.25) is 0 Å². The molecular formula is C15H19BrN4. The highest BCUT2D eigenvalue weighted by atomic mass is 79.9. The summed E-state index contributed by atoms with van der Waals surface area (Å²) in [6.45, 7) is 4.00. The Kier molecular flexibility index (Phi) is 4.19. The van der Waals surface area contributed by atoms with E-state index in [1.54, 1.807) is 0 Å². The van der Waals surface area contributed by atoms with Crippen molar-refractivity contribution < 1.29 is 0 Å². The monoisotopic (exact) mass is 334 g/mol.